The lowest BCUT2D eigenvalue weighted by atomic mass is 10.1. The van der Waals surface area contributed by atoms with E-state index in [-0.39, 0.29) is 19.0 Å². The quantitative estimate of drug-likeness (QED) is 0.848. The highest BCUT2D eigenvalue weighted by Crippen LogP contribution is 2.37. The van der Waals surface area contributed by atoms with Crippen molar-refractivity contribution in [2.75, 3.05) is 26.9 Å². The van der Waals surface area contributed by atoms with Crippen LogP contribution in [0.15, 0.2) is 18.3 Å². The van der Waals surface area contributed by atoms with E-state index in [1.165, 1.54) is 7.11 Å². The summed E-state index contributed by atoms with van der Waals surface area (Å²) >= 11 is 0. The smallest absolute Gasteiger partial charge is 0.310 e. The summed E-state index contributed by atoms with van der Waals surface area (Å²) in [6.45, 7) is 1.85. The summed E-state index contributed by atoms with van der Waals surface area (Å²) in [7, 11) is 1.38. The van der Waals surface area contributed by atoms with Gasteiger partial charge in [0, 0.05) is 30.8 Å². The van der Waals surface area contributed by atoms with Crippen LogP contribution in [0.4, 0.5) is 0 Å². The van der Waals surface area contributed by atoms with E-state index in [9.17, 15) is 4.79 Å². The van der Waals surface area contributed by atoms with Crippen molar-refractivity contribution in [2.24, 2.45) is 0 Å². The number of benzene rings is 1. The molecule has 6 nitrogen and oxygen atoms in total. The summed E-state index contributed by atoms with van der Waals surface area (Å²) in [5.74, 6) is 1.13. The predicted octanol–water partition coefficient (Wildman–Crippen LogP) is 1.51. The Labute approximate surface area is 128 Å². The van der Waals surface area contributed by atoms with Crippen molar-refractivity contribution in [3.05, 3.63) is 23.9 Å². The SMILES string of the molecule is COC(=O)Cc1cn(CCCO)c2cc3c(cc12)OCCO3. The van der Waals surface area contributed by atoms with E-state index in [0.29, 0.717) is 37.7 Å². The van der Waals surface area contributed by atoms with Crippen molar-refractivity contribution in [2.45, 2.75) is 19.4 Å². The van der Waals surface area contributed by atoms with Crippen molar-refractivity contribution < 1.29 is 24.1 Å². The molecule has 1 aromatic heterocycles. The lowest BCUT2D eigenvalue weighted by Crippen LogP contribution is -2.15. The number of methoxy groups -OCH3 is 1. The zero-order valence-electron chi connectivity index (χ0n) is 12.5. The van der Waals surface area contributed by atoms with Gasteiger partial charge in [0.1, 0.15) is 13.2 Å². The van der Waals surface area contributed by atoms with E-state index < -0.39 is 0 Å². The molecule has 0 saturated heterocycles. The molecule has 2 heterocycles. The van der Waals surface area contributed by atoms with E-state index in [1.807, 2.05) is 22.9 Å². The summed E-state index contributed by atoms with van der Waals surface area (Å²) in [6.07, 6.45) is 2.79. The molecule has 3 rings (SSSR count). The summed E-state index contributed by atoms with van der Waals surface area (Å²) in [5.41, 5.74) is 1.85. The molecule has 1 aliphatic rings. The van der Waals surface area contributed by atoms with Crippen molar-refractivity contribution in [3.63, 3.8) is 0 Å². The molecule has 0 atom stereocenters. The summed E-state index contributed by atoms with van der Waals surface area (Å²) in [4.78, 5) is 11.6. The molecule has 22 heavy (non-hydrogen) atoms. The Hall–Kier alpha value is -2.21. The first-order valence-corrected chi connectivity index (χ1v) is 7.32. The Balaban J connectivity index is 2.07. The number of carbonyl (C=O) groups excluding carboxylic acids is 1. The molecular weight excluding hydrogens is 286 g/mol. The highest BCUT2D eigenvalue weighted by Gasteiger charge is 2.18. The number of hydrogen-bond donors (Lipinski definition) is 1. The minimum Gasteiger partial charge on any atom is -0.486 e. The Bertz CT molecular complexity index is 691. The predicted molar refractivity (Wildman–Crippen MR) is 80.4 cm³/mol. The second-order valence-electron chi connectivity index (χ2n) is 5.19. The van der Waals surface area contributed by atoms with Crippen LogP contribution >= 0.6 is 0 Å². The van der Waals surface area contributed by atoms with Gasteiger partial charge in [-0.15, -0.1) is 0 Å². The highest BCUT2D eigenvalue weighted by molar-refractivity contribution is 5.90. The van der Waals surface area contributed by atoms with Crippen molar-refractivity contribution in [3.8, 4) is 11.5 Å². The van der Waals surface area contributed by atoms with Crippen LogP contribution in [-0.4, -0.2) is 42.6 Å². The minimum atomic E-state index is -0.281. The van der Waals surface area contributed by atoms with Crippen LogP contribution in [0, 0.1) is 0 Å². The normalized spacial score (nSPS) is 13.4. The fraction of sp³-hybridized carbons (Fsp3) is 0.438. The maximum absolute atomic E-state index is 11.6. The molecule has 1 aliphatic heterocycles. The minimum absolute atomic E-state index is 0.122. The number of aliphatic hydroxyl groups excluding tert-OH is 1. The third kappa shape index (κ3) is 2.74. The first-order valence-electron chi connectivity index (χ1n) is 7.32. The summed E-state index contributed by atoms with van der Waals surface area (Å²) in [6, 6.07) is 3.85. The zero-order valence-corrected chi connectivity index (χ0v) is 12.5. The third-order valence-electron chi connectivity index (χ3n) is 3.75. The van der Waals surface area contributed by atoms with E-state index in [4.69, 9.17) is 19.3 Å². The number of rotatable bonds is 5. The van der Waals surface area contributed by atoms with E-state index in [1.54, 1.807) is 0 Å². The zero-order chi connectivity index (χ0) is 15.5. The summed E-state index contributed by atoms with van der Waals surface area (Å²) < 4.78 is 18.0. The maximum atomic E-state index is 11.6. The van der Waals surface area contributed by atoms with Crippen molar-refractivity contribution >= 4 is 16.9 Å². The fourth-order valence-electron chi connectivity index (χ4n) is 2.69. The number of fused-ring (bicyclic) bond motifs is 2. The van der Waals surface area contributed by atoms with E-state index in [2.05, 4.69) is 0 Å². The Kier molecular flexibility index (Phi) is 4.20. The molecule has 0 saturated carbocycles. The second kappa shape index (κ2) is 6.27. The third-order valence-corrected chi connectivity index (χ3v) is 3.75. The van der Waals surface area contributed by atoms with Crippen LogP contribution < -0.4 is 9.47 Å². The van der Waals surface area contributed by atoms with Crippen molar-refractivity contribution in [1.82, 2.24) is 4.57 Å². The number of ether oxygens (including phenoxy) is 3. The number of aryl methyl sites for hydroxylation is 1. The molecule has 0 radical (unpaired) electrons. The maximum Gasteiger partial charge on any atom is 0.310 e. The molecule has 118 valence electrons. The van der Waals surface area contributed by atoms with E-state index >= 15 is 0 Å². The number of hydrogen-bond acceptors (Lipinski definition) is 5. The molecule has 0 amide bonds. The molecule has 0 aliphatic carbocycles. The van der Waals surface area contributed by atoms with Gasteiger partial charge >= 0.3 is 5.97 Å². The average Bonchev–Trinajstić information content (AvgIpc) is 2.87. The van der Waals surface area contributed by atoms with Gasteiger partial charge in [-0.3, -0.25) is 4.79 Å². The molecule has 1 N–H and O–H groups in total. The second-order valence-corrected chi connectivity index (χ2v) is 5.19. The van der Waals surface area contributed by atoms with Gasteiger partial charge in [-0.1, -0.05) is 0 Å². The number of carbonyl (C=O) groups is 1. The molecule has 2 aromatic rings. The van der Waals surface area contributed by atoms with Gasteiger partial charge in [-0.25, -0.2) is 0 Å². The molecule has 6 heteroatoms. The topological polar surface area (TPSA) is 69.9 Å². The van der Waals surface area contributed by atoms with Crippen LogP contribution in [0.25, 0.3) is 10.9 Å². The Morgan fingerprint density at radius 2 is 2.05 bits per heavy atom. The van der Waals surface area contributed by atoms with Gasteiger partial charge in [0.2, 0.25) is 0 Å². The van der Waals surface area contributed by atoms with Gasteiger partial charge in [0.25, 0.3) is 0 Å². The van der Waals surface area contributed by atoms with Crippen LogP contribution in [0.1, 0.15) is 12.0 Å². The highest BCUT2D eigenvalue weighted by atomic mass is 16.6. The largest absolute Gasteiger partial charge is 0.486 e. The van der Waals surface area contributed by atoms with Gasteiger partial charge in [-0.2, -0.15) is 0 Å². The number of nitrogens with zero attached hydrogens (tertiary/aromatic N) is 1. The van der Waals surface area contributed by atoms with Crippen LogP contribution in [0.2, 0.25) is 0 Å². The van der Waals surface area contributed by atoms with Gasteiger partial charge in [-0.05, 0) is 18.1 Å². The monoisotopic (exact) mass is 305 g/mol. The Morgan fingerprint density at radius 1 is 1.32 bits per heavy atom. The molecule has 0 spiro atoms. The lowest BCUT2D eigenvalue weighted by molar-refractivity contribution is -0.139. The van der Waals surface area contributed by atoms with Crippen LogP contribution in [-0.2, 0) is 22.5 Å². The molecule has 1 aromatic carbocycles. The van der Waals surface area contributed by atoms with Gasteiger partial charge < -0.3 is 23.9 Å². The van der Waals surface area contributed by atoms with Crippen LogP contribution in [0.3, 0.4) is 0 Å². The van der Waals surface area contributed by atoms with Crippen LogP contribution in [0.5, 0.6) is 11.5 Å². The summed E-state index contributed by atoms with van der Waals surface area (Å²) in [5, 5.41) is 10.0. The number of esters is 1. The Morgan fingerprint density at radius 3 is 2.73 bits per heavy atom. The van der Waals surface area contributed by atoms with Crippen molar-refractivity contribution in [1.29, 1.82) is 0 Å². The first kappa shape index (κ1) is 14.7. The van der Waals surface area contributed by atoms with Gasteiger partial charge in [0.05, 0.1) is 19.0 Å². The van der Waals surface area contributed by atoms with Gasteiger partial charge in [0.15, 0.2) is 11.5 Å². The molecule has 0 unspecified atom stereocenters. The standard InChI is InChI=1S/C16H19NO5/c1-20-16(19)7-11-10-17(3-2-4-18)13-9-15-14(8-12(11)13)21-5-6-22-15/h8-10,18H,2-7H2,1H3. The lowest BCUT2D eigenvalue weighted by Gasteiger charge is -2.18. The molecular formula is C16H19NO5. The number of aliphatic hydroxyl groups is 1. The first-order chi connectivity index (χ1) is 10.7. The fourth-order valence-corrected chi connectivity index (χ4v) is 2.69. The van der Waals surface area contributed by atoms with E-state index in [0.717, 1.165) is 16.5 Å². The molecule has 0 bridgehead atoms. The number of aromatic nitrogens is 1. The molecule has 0 fully saturated rings. The average molecular weight is 305 g/mol.